The highest BCUT2D eigenvalue weighted by atomic mass is 15.2. The monoisotopic (exact) mass is 1470 g/mol. The van der Waals surface area contributed by atoms with E-state index < -0.39 is 0 Å². The van der Waals surface area contributed by atoms with E-state index in [4.69, 9.17) is 4.98 Å². The maximum absolute atomic E-state index is 5.63. The molecule has 0 spiro atoms. The molecule has 2 aromatic heterocycles. The molecule has 2 aliphatic rings. The Hall–Kier alpha value is -9.97. The van der Waals surface area contributed by atoms with E-state index in [-0.39, 0.29) is 55.4 Å². The van der Waals surface area contributed by atoms with Crippen molar-refractivity contribution in [3.8, 4) is 61.3 Å². The van der Waals surface area contributed by atoms with Crippen LogP contribution < -0.4 is 26.2 Å². The summed E-state index contributed by atoms with van der Waals surface area (Å²) in [6, 6.07) is 91.4. The lowest BCUT2D eigenvalue weighted by molar-refractivity contribution is 0.531. The van der Waals surface area contributed by atoms with Crippen molar-refractivity contribution in [3.63, 3.8) is 0 Å². The van der Waals surface area contributed by atoms with Crippen molar-refractivity contribution < 1.29 is 0 Å². The van der Waals surface area contributed by atoms with Gasteiger partial charge in [0.2, 0.25) is 0 Å². The number of aromatic nitrogens is 2. The highest BCUT2D eigenvalue weighted by Gasteiger charge is 2.47. The van der Waals surface area contributed by atoms with Crippen LogP contribution in [-0.2, 0) is 48.7 Å². The van der Waals surface area contributed by atoms with Crippen molar-refractivity contribution in [2.24, 2.45) is 0 Å². The molecule has 0 aliphatic carbocycles. The molecule has 112 heavy (non-hydrogen) atoms. The van der Waals surface area contributed by atoms with Crippen molar-refractivity contribution >= 4 is 79.0 Å². The minimum Gasteiger partial charge on any atom is -0.310 e. The lowest BCUT2D eigenvalue weighted by atomic mass is 9.33. The van der Waals surface area contributed by atoms with Crippen LogP contribution in [0.2, 0.25) is 0 Å². The summed E-state index contributed by atoms with van der Waals surface area (Å²) in [5, 5.41) is 2.54. The van der Waals surface area contributed by atoms with Crippen molar-refractivity contribution in [2.45, 2.75) is 236 Å². The number of rotatable bonds is 8. The van der Waals surface area contributed by atoms with Crippen LogP contribution in [0.15, 0.2) is 231 Å². The van der Waals surface area contributed by atoms with Crippen LogP contribution >= 0.6 is 0 Å². The van der Waals surface area contributed by atoms with Crippen LogP contribution in [0.25, 0.3) is 83.1 Å². The fourth-order valence-electron chi connectivity index (χ4n) is 16.9. The molecule has 15 rings (SSSR count). The predicted octanol–water partition coefficient (Wildman–Crippen LogP) is 28.3. The number of fused-ring (bicyclic) bond motifs is 7. The SMILES string of the molecule is CC(C)(C)c1cc(-c2ccc3c(c2)N(c2c(-c4ccccc4)cc(C(C)(C)C)cc2-c2cc(C(C)(C)C)nc(C(C)(C)C)c2)c2cc(C(C)(C)C)cc4c2B3c2ccc(-n3c5ccc(C(C)(C)C)cc5c5cc(C(C)(C)C)ccc53)cc2N4c2c(-c3ccccc3)cc(C(C)(C)C)cc2-c2ccccc2)cc(C(C)(C)C)c1. The lowest BCUT2D eigenvalue weighted by Crippen LogP contribution is -2.61. The van der Waals surface area contributed by atoms with Crippen LogP contribution in [0, 0.1) is 0 Å². The zero-order valence-electron chi connectivity index (χ0n) is 72.3. The second kappa shape index (κ2) is 26.9. The Morgan fingerprint density at radius 3 is 0.946 bits per heavy atom. The van der Waals surface area contributed by atoms with Gasteiger partial charge >= 0.3 is 0 Å². The van der Waals surface area contributed by atoms with Gasteiger partial charge in [0.25, 0.3) is 6.71 Å². The molecule has 4 heterocycles. The molecule has 0 bridgehead atoms. The molecule has 5 heteroatoms. The van der Waals surface area contributed by atoms with Crippen LogP contribution in [0.1, 0.15) is 237 Å². The number of nitrogens with zero attached hydrogens (tertiary/aromatic N) is 4. The fraction of sp³-hybridized carbons (Fsp3) is 0.336. The highest BCUT2D eigenvalue weighted by molar-refractivity contribution is 7.00. The zero-order valence-corrected chi connectivity index (χ0v) is 72.3. The van der Waals surface area contributed by atoms with Gasteiger partial charge in [0.05, 0.1) is 22.4 Å². The first kappa shape index (κ1) is 77.4. The fourth-order valence-corrected chi connectivity index (χ4v) is 16.9. The Kier molecular flexibility index (Phi) is 18.5. The number of hydrogen-bond acceptors (Lipinski definition) is 3. The molecular formula is C107H119BN4. The molecule has 0 N–H and O–H groups in total. The van der Waals surface area contributed by atoms with Gasteiger partial charge in [0.1, 0.15) is 0 Å². The van der Waals surface area contributed by atoms with Crippen LogP contribution in [0.3, 0.4) is 0 Å². The van der Waals surface area contributed by atoms with Crippen molar-refractivity contribution in [3.05, 3.63) is 281 Å². The van der Waals surface area contributed by atoms with Crippen molar-refractivity contribution in [1.29, 1.82) is 0 Å². The summed E-state index contributed by atoms with van der Waals surface area (Å²) in [6.07, 6.45) is 0. The number of benzene rings is 11. The van der Waals surface area contributed by atoms with Crippen molar-refractivity contribution in [2.75, 3.05) is 9.80 Å². The highest BCUT2D eigenvalue weighted by Crippen LogP contribution is 2.57. The molecule has 0 saturated heterocycles. The molecule has 11 aromatic carbocycles. The van der Waals surface area contributed by atoms with E-state index in [0.717, 1.165) is 67.8 Å². The molecule has 0 saturated carbocycles. The van der Waals surface area contributed by atoms with Gasteiger partial charge in [-0.3, -0.25) is 4.98 Å². The normalized spacial score (nSPS) is 13.8. The number of pyridine rings is 1. The summed E-state index contributed by atoms with van der Waals surface area (Å²) in [5.74, 6) is 0. The van der Waals surface area contributed by atoms with Crippen LogP contribution in [0.5, 0.6) is 0 Å². The van der Waals surface area contributed by atoms with Crippen molar-refractivity contribution in [1.82, 2.24) is 9.55 Å². The summed E-state index contributed by atoms with van der Waals surface area (Å²) in [6.45, 7) is 63.5. The molecule has 2 aliphatic heterocycles. The zero-order chi connectivity index (χ0) is 80.4. The van der Waals surface area contributed by atoms with E-state index in [0.29, 0.717) is 0 Å². The third-order valence-electron chi connectivity index (χ3n) is 24.0. The quantitative estimate of drug-likeness (QED) is 0.142. The summed E-state index contributed by atoms with van der Waals surface area (Å²) < 4.78 is 2.58. The minimum absolute atomic E-state index is 0.0617. The van der Waals surface area contributed by atoms with E-state index in [9.17, 15) is 0 Å². The second-order valence-corrected chi connectivity index (χ2v) is 42.0. The maximum atomic E-state index is 5.63. The first-order valence-corrected chi connectivity index (χ1v) is 41.1. The van der Waals surface area contributed by atoms with Gasteiger partial charge in [-0.2, -0.15) is 0 Å². The number of hydrogen-bond donors (Lipinski definition) is 0. The van der Waals surface area contributed by atoms with E-state index in [1.165, 1.54) is 116 Å². The van der Waals surface area contributed by atoms with E-state index in [1.54, 1.807) is 0 Å². The minimum atomic E-state index is -0.351. The Morgan fingerprint density at radius 2 is 0.580 bits per heavy atom. The summed E-state index contributed by atoms with van der Waals surface area (Å²) in [4.78, 5) is 11.2. The van der Waals surface area contributed by atoms with Crippen LogP contribution in [-0.4, -0.2) is 16.3 Å². The molecule has 0 amide bonds. The second-order valence-electron chi connectivity index (χ2n) is 42.0. The third-order valence-corrected chi connectivity index (χ3v) is 24.0. The number of anilines is 6. The smallest absolute Gasteiger partial charge is 0.252 e. The molecule has 0 radical (unpaired) electrons. The third kappa shape index (κ3) is 14.1. The standard InChI is InChI=1S/C107H119BN4/c1-99(2,3)72-44-49-88-84(57-72)85-58-73(100(4,5)6)45-50-89(85)110(88)79-46-48-87-91(65-79)112(97-80(66-37-31-28-32-38-66)59-76(103(13,14)15)60-81(97)67-39-33-29-34-40-67)93-64-78(105(19,20)21)63-92-96(93)108(87)86-47-43-69(70-51-74(101(7,8)9)56-75(52-70)102(10,11)12)53-90(86)111(92)98-82(68-41-35-30-36-42-68)61-77(104(16,17)18)62-83(98)71-54-94(106(22,23)24)109-95(55-71)107(25,26)27/h28-65H,1-27H3. The topological polar surface area (TPSA) is 24.3 Å². The van der Waals surface area contributed by atoms with E-state index in [1.807, 2.05) is 0 Å². The summed E-state index contributed by atoms with van der Waals surface area (Å²) >= 11 is 0. The Bertz CT molecular complexity index is 5660. The molecule has 0 fully saturated rings. The van der Waals surface area contributed by atoms with E-state index >= 15 is 0 Å². The predicted molar refractivity (Wildman–Crippen MR) is 488 cm³/mol. The molecule has 0 unspecified atom stereocenters. The van der Waals surface area contributed by atoms with Gasteiger partial charge in [-0.05, 0) is 218 Å². The van der Waals surface area contributed by atoms with E-state index in [2.05, 4.69) is 432 Å². The first-order valence-electron chi connectivity index (χ1n) is 41.1. The average Bonchev–Trinajstić information content (AvgIpc) is 0.934. The maximum Gasteiger partial charge on any atom is 0.252 e. The largest absolute Gasteiger partial charge is 0.310 e. The Morgan fingerprint density at radius 1 is 0.241 bits per heavy atom. The molecular weight excluding hydrogens is 1350 g/mol. The molecule has 0 atom stereocenters. The van der Waals surface area contributed by atoms with Gasteiger partial charge in [0.15, 0.2) is 0 Å². The molecule has 4 nitrogen and oxygen atoms in total. The molecule has 13 aromatic rings. The van der Waals surface area contributed by atoms with Gasteiger partial charge in [0, 0.05) is 83.7 Å². The van der Waals surface area contributed by atoms with Gasteiger partial charge < -0.3 is 14.4 Å². The van der Waals surface area contributed by atoms with Gasteiger partial charge in [-0.1, -0.05) is 326 Å². The summed E-state index contributed by atoms with van der Waals surface area (Å²) in [7, 11) is 0. The summed E-state index contributed by atoms with van der Waals surface area (Å²) in [5.41, 5.74) is 35.5. The van der Waals surface area contributed by atoms with Gasteiger partial charge in [-0.15, -0.1) is 0 Å². The average molecular weight is 1470 g/mol. The van der Waals surface area contributed by atoms with Gasteiger partial charge in [-0.25, -0.2) is 0 Å². The van der Waals surface area contributed by atoms with Crippen LogP contribution in [0.4, 0.5) is 34.1 Å². The molecule has 570 valence electrons. The Balaban J connectivity index is 1.17. The first-order chi connectivity index (χ1) is 52.2. The Labute approximate surface area is 671 Å². The lowest BCUT2D eigenvalue weighted by Gasteiger charge is -2.47.